The Morgan fingerprint density at radius 3 is 2.61 bits per heavy atom. The van der Waals surface area contributed by atoms with E-state index in [9.17, 15) is 17.6 Å². The van der Waals surface area contributed by atoms with Crippen molar-refractivity contribution in [2.45, 2.75) is 18.7 Å². The molecule has 5 nitrogen and oxygen atoms in total. The van der Waals surface area contributed by atoms with Crippen molar-refractivity contribution in [3.63, 3.8) is 0 Å². The third kappa shape index (κ3) is 4.14. The molecule has 0 unspecified atom stereocenters. The van der Waals surface area contributed by atoms with Crippen molar-refractivity contribution in [1.29, 1.82) is 0 Å². The third-order valence-electron chi connectivity index (χ3n) is 3.19. The number of benzene rings is 2. The standard InChI is InChI=1S/C16H17FN2O3S/c1-3-18-23(21,22)14-6-4-5-12(9-14)16(20)19-15-10-13(17)8-7-11(15)2/h4-10,18H,3H2,1-2H3,(H,19,20). The molecular weight excluding hydrogens is 319 g/mol. The van der Waals surface area contributed by atoms with Gasteiger partial charge in [-0.05, 0) is 42.8 Å². The predicted octanol–water partition coefficient (Wildman–Crippen LogP) is 2.68. The lowest BCUT2D eigenvalue weighted by atomic mass is 10.1. The summed E-state index contributed by atoms with van der Waals surface area (Å²) in [5, 5.41) is 2.58. The molecule has 2 aromatic carbocycles. The van der Waals surface area contributed by atoms with E-state index in [0.29, 0.717) is 11.3 Å². The molecule has 2 aromatic rings. The molecule has 0 fully saturated rings. The number of sulfonamides is 1. The van der Waals surface area contributed by atoms with Gasteiger partial charge in [0.25, 0.3) is 5.91 Å². The van der Waals surface area contributed by atoms with Crippen molar-refractivity contribution >= 4 is 21.6 Å². The molecular formula is C16H17FN2O3S. The number of carbonyl (C=O) groups is 1. The van der Waals surface area contributed by atoms with Crippen LogP contribution in [0, 0.1) is 12.7 Å². The molecule has 7 heteroatoms. The molecule has 0 aliphatic rings. The fourth-order valence-electron chi connectivity index (χ4n) is 2.00. The van der Waals surface area contributed by atoms with Crippen LogP contribution in [0.3, 0.4) is 0 Å². The molecule has 2 N–H and O–H groups in total. The second-order valence-corrected chi connectivity index (χ2v) is 6.71. The number of rotatable bonds is 5. The highest BCUT2D eigenvalue weighted by molar-refractivity contribution is 7.89. The van der Waals surface area contributed by atoms with Crippen molar-refractivity contribution < 1.29 is 17.6 Å². The first-order chi connectivity index (χ1) is 10.8. The zero-order valence-corrected chi connectivity index (χ0v) is 13.6. The Bertz CT molecular complexity index is 835. The predicted molar refractivity (Wildman–Crippen MR) is 86.4 cm³/mol. The molecule has 0 heterocycles. The first-order valence-electron chi connectivity index (χ1n) is 7.00. The highest BCUT2D eigenvalue weighted by atomic mass is 32.2. The van der Waals surface area contributed by atoms with Gasteiger partial charge in [0, 0.05) is 17.8 Å². The van der Waals surface area contributed by atoms with Crippen LogP contribution in [-0.4, -0.2) is 20.9 Å². The van der Waals surface area contributed by atoms with Gasteiger partial charge in [0.05, 0.1) is 4.90 Å². The van der Waals surface area contributed by atoms with Gasteiger partial charge in [-0.1, -0.05) is 19.1 Å². The van der Waals surface area contributed by atoms with Gasteiger partial charge in [0.15, 0.2) is 0 Å². The van der Waals surface area contributed by atoms with Gasteiger partial charge < -0.3 is 5.32 Å². The Balaban J connectivity index is 2.28. The number of carbonyl (C=O) groups excluding carboxylic acids is 1. The molecule has 122 valence electrons. The van der Waals surface area contributed by atoms with Crippen LogP contribution >= 0.6 is 0 Å². The monoisotopic (exact) mass is 336 g/mol. The fraction of sp³-hybridized carbons (Fsp3) is 0.188. The van der Waals surface area contributed by atoms with Crippen molar-refractivity contribution in [3.8, 4) is 0 Å². The van der Waals surface area contributed by atoms with E-state index in [2.05, 4.69) is 10.0 Å². The highest BCUT2D eigenvalue weighted by Crippen LogP contribution is 2.18. The summed E-state index contributed by atoms with van der Waals surface area (Å²) in [6.45, 7) is 3.66. The first kappa shape index (κ1) is 17.1. The number of hydrogen-bond acceptors (Lipinski definition) is 3. The van der Waals surface area contributed by atoms with Gasteiger partial charge in [-0.15, -0.1) is 0 Å². The second-order valence-electron chi connectivity index (χ2n) is 4.94. The fourth-order valence-corrected chi connectivity index (χ4v) is 3.09. The summed E-state index contributed by atoms with van der Waals surface area (Å²) in [6, 6.07) is 9.73. The van der Waals surface area contributed by atoms with E-state index in [4.69, 9.17) is 0 Å². The molecule has 0 aromatic heterocycles. The lowest BCUT2D eigenvalue weighted by Gasteiger charge is -2.10. The second kappa shape index (κ2) is 6.89. The van der Waals surface area contributed by atoms with E-state index < -0.39 is 21.7 Å². The maximum Gasteiger partial charge on any atom is 0.255 e. The minimum Gasteiger partial charge on any atom is -0.322 e. The van der Waals surface area contributed by atoms with Gasteiger partial charge in [-0.25, -0.2) is 17.5 Å². The Labute approximate surface area is 134 Å². The zero-order chi connectivity index (χ0) is 17.0. The van der Waals surface area contributed by atoms with Crippen molar-refractivity contribution in [3.05, 3.63) is 59.4 Å². The van der Waals surface area contributed by atoms with E-state index in [1.807, 2.05) is 0 Å². The smallest absolute Gasteiger partial charge is 0.255 e. The van der Waals surface area contributed by atoms with E-state index in [-0.39, 0.29) is 17.0 Å². The van der Waals surface area contributed by atoms with Crippen LogP contribution in [0.2, 0.25) is 0 Å². The van der Waals surface area contributed by atoms with Crippen LogP contribution < -0.4 is 10.0 Å². The molecule has 0 aliphatic heterocycles. The van der Waals surface area contributed by atoms with Gasteiger partial charge in [0.2, 0.25) is 10.0 Å². The Morgan fingerprint density at radius 1 is 1.17 bits per heavy atom. The summed E-state index contributed by atoms with van der Waals surface area (Å²) in [6.07, 6.45) is 0. The summed E-state index contributed by atoms with van der Waals surface area (Å²) in [7, 11) is -3.64. The van der Waals surface area contributed by atoms with E-state index >= 15 is 0 Å². The number of hydrogen-bond donors (Lipinski definition) is 2. The van der Waals surface area contributed by atoms with Gasteiger partial charge in [0.1, 0.15) is 5.82 Å². The van der Waals surface area contributed by atoms with Crippen LogP contribution in [-0.2, 0) is 10.0 Å². The van der Waals surface area contributed by atoms with Crippen molar-refractivity contribution in [1.82, 2.24) is 4.72 Å². The number of amides is 1. The van der Waals surface area contributed by atoms with E-state index in [1.165, 1.54) is 36.4 Å². The van der Waals surface area contributed by atoms with Crippen LogP contribution in [0.1, 0.15) is 22.8 Å². The largest absolute Gasteiger partial charge is 0.322 e. The molecule has 0 radical (unpaired) electrons. The summed E-state index contributed by atoms with van der Waals surface area (Å²) in [5.41, 5.74) is 1.22. The zero-order valence-electron chi connectivity index (χ0n) is 12.8. The lowest BCUT2D eigenvalue weighted by Crippen LogP contribution is -2.23. The van der Waals surface area contributed by atoms with Crippen LogP contribution in [0.25, 0.3) is 0 Å². The highest BCUT2D eigenvalue weighted by Gasteiger charge is 2.15. The Morgan fingerprint density at radius 2 is 1.91 bits per heavy atom. The average Bonchev–Trinajstić information content (AvgIpc) is 2.51. The normalized spacial score (nSPS) is 11.3. The van der Waals surface area contributed by atoms with Crippen LogP contribution in [0.15, 0.2) is 47.4 Å². The number of aryl methyl sites for hydroxylation is 1. The molecule has 23 heavy (non-hydrogen) atoms. The van der Waals surface area contributed by atoms with Gasteiger partial charge in [-0.2, -0.15) is 0 Å². The number of nitrogens with one attached hydrogen (secondary N) is 2. The molecule has 0 saturated heterocycles. The summed E-state index contributed by atoms with van der Waals surface area (Å²) < 4.78 is 39.6. The summed E-state index contributed by atoms with van der Waals surface area (Å²) in [4.78, 5) is 12.3. The lowest BCUT2D eigenvalue weighted by molar-refractivity contribution is 0.102. The molecule has 0 spiro atoms. The van der Waals surface area contributed by atoms with Crippen molar-refractivity contribution in [2.75, 3.05) is 11.9 Å². The number of anilines is 1. The van der Waals surface area contributed by atoms with Gasteiger partial charge in [-0.3, -0.25) is 4.79 Å². The molecule has 1 amide bonds. The summed E-state index contributed by atoms with van der Waals surface area (Å²) in [5.74, 6) is -0.971. The SMILES string of the molecule is CCNS(=O)(=O)c1cccc(C(=O)Nc2cc(F)ccc2C)c1. The summed E-state index contributed by atoms with van der Waals surface area (Å²) >= 11 is 0. The Kier molecular flexibility index (Phi) is 5.12. The minimum absolute atomic E-state index is 0.00274. The average molecular weight is 336 g/mol. The van der Waals surface area contributed by atoms with Crippen molar-refractivity contribution in [2.24, 2.45) is 0 Å². The molecule has 0 saturated carbocycles. The van der Waals surface area contributed by atoms with Gasteiger partial charge >= 0.3 is 0 Å². The third-order valence-corrected chi connectivity index (χ3v) is 4.73. The maximum atomic E-state index is 13.3. The first-order valence-corrected chi connectivity index (χ1v) is 8.49. The number of halogens is 1. The molecule has 0 bridgehead atoms. The van der Waals surface area contributed by atoms with Crippen LogP contribution in [0.5, 0.6) is 0 Å². The molecule has 0 aliphatic carbocycles. The molecule has 2 rings (SSSR count). The van der Waals surface area contributed by atoms with E-state index in [0.717, 1.165) is 0 Å². The topological polar surface area (TPSA) is 75.3 Å². The van der Waals surface area contributed by atoms with Crippen LogP contribution in [0.4, 0.5) is 10.1 Å². The Hall–Kier alpha value is -2.25. The van der Waals surface area contributed by atoms with E-state index in [1.54, 1.807) is 19.9 Å². The molecule has 0 atom stereocenters. The minimum atomic E-state index is -3.64. The quantitative estimate of drug-likeness (QED) is 0.881. The maximum absolute atomic E-state index is 13.3.